The maximum Gasteiger partial charge on any atom is 0.336 e. The summed E-state index contributed by atoms with van der Waals surface area (Å²) in [5.74, 6) is -0.544. The lowest BCUT2D eigenvalue weighted by Crippen LogP contribution is -2.38. The predicted molar refractivity (Wildman–Crippen MR) is 59.8 cm³/mol. The number of carbonyl (C=O) groups excluding carboxylic acids is 1. The lowest BCUT2D eigenvalue weighted by Gasteiger charge is -2.09. The lowest BCUT2D eigenvalue weighted by molar-refractivity contribution is -0.149. The topological polar surface area (TPSA) is 92.7 Å². The zero-order chi connectivity index (χ0) is 12.6. The van der Waals surface area contributed by atoms with Crippen LogP contribution in [0.15, 0.2) is 0 Å². The third kappa shape index (κ3) is 7.00. The molecular formula is C8H16ClNO5S. The number of aliphatic hydroxyl groups excluding tert-OH is 1. The Labute approximate surface area is 100.0 Å². The van der Waals surface area contributed by atoms with Gasteiger partial charge in [-0.15, -0.1) is 11.6 Å². The zero-order valence-corrected chi connectivity index (χ0v) is 10.6. The number of carbonyl (C=O) groups is 1. The first-order valence-corrected chi connectivity index (χ1v) is 6.91. The van der Waals surface area contributed by atoms with E-state index in [4.69, 9.17) is 16.7 Å². The number of hydrogen-bond donors (Lipinski definition) is 2. The van der Waals surface area contributed by atoms with Crippen molar-refractivity contribution in [3.05, 3.63) is 0 Å². The number of unbranched alkanes of at least 4 members (excludes halogenated alkanes) is 1. The molecule has 0 aromatic carbocycles. The first kappa shape index (κ1) is 15.6. The van der Waals surface area contributed by atoms with E-state index in [9.17, 15) is 13.2 Å². The highest BCUT2D eigenvalue weighted by molar-refractivity contribution is 7.89. The van der Waals surface area contributed by atoms with Gasteiger partial charge in [0.2, 0.25) is 10.0 Å². The number of alkyl halides is 1. The van der Waals surface area contributed by atoms with Crippen LogP contribution >= 0.6 is 11.6 Å². The Kier molecular flexibility index (Phi) is 7.65. The second-order valence-corrected chi connectivity index (χ2v) is 5.41. The molecule has 8 heteroatoms. The Balaban J connectivity index is 3.94. The van der Waals surface area contributed by atoms with Crippen LogP contribution in [0, 0.1) is 0 Å². The van der Waals surface area contributed by atoms with Gasteiger partial charge in [-0.2, -0.15) is 0 Å². The summed E-state index contributed by atoms with van der Waals surface area (Å²) in [5, 5.41) is 9.13. The van der Waals surface area contributed by atoms with Crippen LogP contribution in [-0.4, -0.2) is 50.9 Å². The van der Waals surface area contributed by atoms with Gasteiger partial charge in [-0.05, 0) is 12.8 Å². The molecule has 0 spiro atoms. The molecule has 0 amide bonds. The Morgan fingerprint density at radius 1 is 1.50 bits per heavy atom. The molecule has 2 N–H and O–H groups in total. The van der Waals surface area contributed by atoms with Gasteiger partial charge in [0.15, 0.2) is 6.10 Å². The highest BCUT2D eigenvalue weighted by atomic mass is 35.5. The van der Waals surface area contributed by atoms with Crippen molar-refractivity contribution < 1.29 is 23.1 Å². The van der Waals surface area contributed by atoms with Crippen molar-refractivity contribution in [1.82, 2.24) is 4.72 Å². The van der Waals surface area contributed by atoms with E-state index in [-0.39, 0.29) is 12.3 Å². The van der Waals surface area contributed by atoms with Crippen molar-refractivity contribution in [2.24, 2.45) is 0 Å². The molecule has 96 valence electrons. The molecule has 0 aliphatic heterocycles. The van der Waals surface area contributed by atoms with Gasteiger partial charge in [-0.25, -0.2) is 17.9 Å². The SMILES string of the molecule is COC(=O)C(O)CNS(=O)(=O)CCCCCl. The smallest absolute Gasteiger partial charge is 0.336 e. The molecule has 0 aliphatic rings. The Morgan fingerprint density at radius 2 is 2.12 bits per heavy atom. The van der Waals surface area contributed by atoms with Crippen LogP contribution in [0.2, 0.25) is 0 Å². The highest BCUT2D eigenvalue weighted by Gasteiger charge is 2.18. The minimum Gasteiger partial charge on any atom is -0.467 e. The van der Waals surface area contributed by atoms with E-state index >= 15 is 0 Å². The van der Waals surface area contributed by atoms with Crippen LogP contribution in [0.25, 0.3) is 0 Å². The molecule has 0 saturated heterocycles. The van der Waals surface area contributed by atoms with Crippen LogP contribution in [0.5, 0.6) is 0 Å². The van der Waals surface area contributed by atoms with Crippen LogP contribution in [0.1, 0.15) is 12.8 Å². The number of methoxy groups -OCH3 is 1. The molecule has 0 saturated carbocycles. The van der Waals surface area contributed by atoms with Gasteiger partial charge in [0.25, 0.3) is 0 Å². The summed E-state index contributed by atoms with van der Waals surface area (Å²) >= 11 is 5.40. The summed E-state index contributed by atoms with van der Waals surface area (Å²) in [6.07, 6.45) is -0.442. The summed E-state index contributed by atoms with van der Waals surface area (Å²) in [6.45, 7) is -0.379. The fourth-order valence-corrected chi connectivity index (χ4v) is 2.21. The fourth-order valence-electron chi connectivity index (χ4n) is 0.884. The van der Waals surface area contributed by atoms with Gasteiger partial charge < -0.3 is 9.84 Å². The van der Waals surface area contributed by atoms with Crippen molar-refractivity contribution in [1.29, 1.82) is 0 Å². The maximum atomic E-state index is 11.3. The first-order chi connectivity index (χ1) is 7.43. The summed E-state index contributed by atoms with van der Waals surface area (Å²) in [5.41, 5.74) is 0. The molecule has 0 aliphatic carbocycles. The molecule has 1 atom stereocenters. The van der Waals surface area contributed by atoms with E-state index in [2.05, 4.69) is 9.46 Å². The summed E-state index contributed by atoms with van der Waals surface area (Å²) in [4.78, 5) is 10.8. The Morgan fingerprint density at radius 3 is 2.62 bits per heavy atom. The number of sulfonamides is 1. The third-order valence-electron chi connectivity index (χ3n) is 1.77. The van der Waals surface area contributed by atoms with E-state index < -0.39 is 22.1 Å². The van der Waals surface area contributed by atoms with Crippen LogP contribution < -0.4 is 4.72 Å². The average molecular weight is 274 g/mol. The number of aliphatic hydroxyl groups is 1. The molecule has 1 unspecified atom stereocenters. The van der Waals surface area contributed by atoms with Crippen molar-refractivity contribution in [3.8, 4) is 0 Å². The van der Waals surface area contributed by atoms with Gasteiger partial charge in [-0.1, -0.05) is 0 Å². The monoisotopic (exact) mass is 273 g/mol. The maximum absolute atomic E-state index is 11.3. The minimum absolute atomic E-state index is 0.0758. The molecule has 0 radical (unpaired) electrons. The highest BCUT2D eigenvalue weighted by Crippen LogP contribution is 1.97. The second-order valence-electron chi connectivity index (χ2n) is 3.10. The molecule has 0 aromatic heterocycles. The summed E-state index contributed by atoms with van der Waals surface area (Å²) < 4.78 is 29.0. The van der Waals surface area contributed by atoms with E-state index in [0.717, 1.165) is 7.11 Å². The van der Waals surface area contributed by atoms with Crippen molar-refractivity contribution in [2.75, 3.05) is 25.3 Å². The third-order valence-corrected chi connectivity index (χ3v) is 3.47. The normalized spacial score (nSPS) is 13.4. The van der Waals surface area contributed by atoms with Crippen LogP contribution in [0.3, 0.4) is 0 Å². The van der Waals surface area contributed by atoms with E-state index in [1.807, 2.05) is 0 Å². The van der Waals surface area contributed by atoms with Gasteiger partial charge in [0, 0.05) is 12.4 Å². The predicted octanol–water partition coefficient (Wildman–Crippen LogP) is -0.541. The second kappa shape index (κ2) is 7.83. The molecule has 6 nitrogen and oxygen atoms in total. The molecule has 0 rings (SSSR count). The van der Waals surface area contributed by atoms with Crippen molar-refractivity contribution >= 4 is 27.6 Å². The molecule has 0 heterocycles. The molecular weight excluding hydrogens is 258 g/mol. The van der Waals surface area contributed by atoms with Gasteiger partial charge in [-0.3, -0.25) is 0 Å². The lowest BCUT2D eigenvalue weighted by atomic mass is 10.4. The van der Waals surface area contributed by atoms with Crippen molar-refractivity contribution in [3.63, 3.8) is 0 Å². The quantitative estimate of drug-likeness (QED) is 0.352. The number of rotatable bonds is 8. The number of halogens is 1. The zero-order valence-electron chi connectivity index (χ0n) is 8.98. The number of nitrogens with one attached hydrogen (secondary N) is 1. The number of esters is 1. The van der Waals surface area contributed by atoms with Crippen molar-refractivity contribution in [2.45, 2.75) is 18.9 Å². The standard InChI is InChI=1S/C8H16ClNO5S/c1-15-8(12)7(11)6-10-16(13,14)5-3-2-4-9/h7,10-11H,2-6H2,1H3. The fraction of sp³-hybridized carbons (Fsp3) is 0.875. The van der Waals surface area contributed by atoms with Gasteiger partial charge in [0.05, 0.1) is 12.9 Å². The Hall–Kier alpha value is -0.370. The van der Waals surface area contributed by atoms with E-state index in [1.165, 1.54) is 0 Å². The van der Waals surface area contributed by atoms with Crippen LogP contribution in [0.4, 0.5) is 0 Å². The number of ether oxygens (including phenoxy) is 1. The van der Waals surface area contributed by atoms with E-state index in [0.29, 0.717) is 18.7 Å². The summed E-state index contributed by atoms with van der Waals surface area (Å²) in [6, 6.07) is 0. The van der Waals surface area contributed by atoms with Gasteiger partial charge in [0.1, 0.15) is 0 Å². The average Bonchev–Trinajstić information content (AvgIpc) is 2.25. The molecule has 0 aromatic rings. The molecule has 16 heavy (non-hydrogen) atoms. The number of hydrogen-bond acceptors (Lipinski definition) is 5. The largest absolute Gasteiger partial charge is 0.467 e. The van der Waals surface area contributed by atoms with Crippen LogP contribution in [-0.2, 0) is 19.6 Å². The molecule has 0 bridgehead atoms. The van der Waals surface area contributed by atoms with E-state index in [1.54, 1.807) is 0 Å². The summed E-state index contributed by atoms with van der Waals surface area (Å²) in [7, 11) is -2.36. The van der Waals surface area contributed by atoms with Gasteiger partial charge >= 0.3 is 5.97 Å². The minimum atomic E-state index is -3.47. The first-order valence-electron chi connectivity index (χ1n) is 4.72. The Bertz CT molecular complexity index is 306. The molecule has 0 fully saturated rings.